The van der Waals surface area contributed by atoms with Crippen LogP contribution in [0.2, 0.25) is 0 Å². The quantitative estimate of drug-likeness (QED) is 0.830. The Balaban J connectivity index is 1.40. The zero-order valence-corrected chi connectivity index (χ0v) is 16.4. The predicted molar refractivity (Wildman–Crippen MR) is 105 cm³/mol. The third-order valence-corrected chi connectivity index (χ3v) is 5.88. The SMILES string of the molecule is Cc1ccc(OC[C@H]2CCCN(C(=O)c3nn(C)c4c3CCCC4)C2)cc1. The number of carbonyl (C=O) groups excluding carboxylic acids is 1. The summed E-state index contributed by atoms with van der Waals surface area (Å²) in [6, 6.07) is 8.16. The van der Waals surface area contributed by atoms with Crippen LogP contribution < -0.4 is 4.74 Å². The van der Waals surface area contributed by atoms with Crippen LogP contribution in [-0.2, 0) is 19.9 Å². The van der Waals surface area contributed by atoms with Gasteiger partial charge in [-0.15, -0.1) is 0 Å². The maximum Gasteiger partial charge on any atom is 0.274 e. The molecule has 5 heteroatoms. The lowest BCUT2D eigenvalue weighted by Crippen LogP contribution is -2.42. The van der Waals surface area contributed by atoms with Crippen LogP contribution in [0.4, 0.5) is 0 Å². The molecule has 2 aliphatic rings. The maximum absolute atomic E-state index is 13.2. The van der Waals surface area contributed by atoms with Gasteiger partial charge in [-0.1, -0.05) is 17.7 Å². The number of aryl methyl sites for hydroxylation is 2. The Kier molecular flexibility index (Phi) is 5.19. The number of carbonyl (C=O) groups is 1. The summed E-state index contributed by atoms with van der Waals surface area (Å²) < 4.78 is 7.89. The largest absolute Gasteiger partial charge is 0.493 e. The van der Waals surface area contributed by atoms with Crippen LogP contribution in [-0.4, -0.2) is 40.3 Å². The number of nitrogens with zero attached hydrogens (tertiary/aromatic N) is 3. The number of hydrogen-bond donors (Lipinski definition) is 0. The van der Waals surface area contributed by atoms with E-state index in [1.165, 1.54) is 23.2 Å². The van der Waals surface area contributed by atoms with Crippen molar-refractivity contribution in [1.82, 2.24) is 14.7 Å². The fourth-order valence-electron chi connectivity index (χ4n) is 4.33. The molecule has 2 heterocycles. The lowest BCUT2D eigenvalue weighted by molar-refractivity contribution is 0.0625. The first-order valence-corrected chi connectivity index (χ1v) is 10.2. The molecule has 0 bridgehead atoms. The van der Waals surface area contributed by atoms with Crippen molar-refractivity contribution in [2.45, 2.75) is 45.4 Å². The Morgan fingerprint density at radius 1 is 1.19 bits per heavy atom. The van der Waals surface area contributed by atoms with Crippen molar-refractivity contribution in [1.29, 1.82) is 0 Å². The lowest BCUT2D eigenvalue weighted by atomic mass is 9.94. The van der Waals surface area contributed by atoms with Crippen molar-refractivity contribution in [2.75, 3.05) is 19.7 Å². The van der Waals surface area contributed by atoms with Crippen LogP contribution >= 0.6 is 0 Å². The Labute approximate surface area is 161 Å². The average molecular weight is 367 g/mol. The molecule has 144 valence electrons. The minimum absolute atomic E-state index is 0.105. The Bertz CT molecular complexity index is 810. The van der Waals surface area contributed by atoms with Gasteiger partial charge >= 0.3 is 0 Å². The molecule has 0 spiro atoms. The van der Waals surface area contributed by atoms with E-state index in [2.05, 4.69) is 24.2 Å². The van der Waals surface area contributed by atoms with Gasteiger partial charge in [0.25, 0.3) is 5.91 Å². The summed E-state index contributed by atoms with van der Waals surface area (Å²) in [5.74, 6) is 1.39. The summed E-state index contributed by atoms with van der Waals surface area (Å²) in [6.45, 7) is 4.32. The Morgan fingerprint density at radius 2 is 1.96 bits per heavy atom. The van der Waals surface area contributed by atoms with Crippen LogP contribution in [0.1, 0.15) is 53.0 Å². The number of aromatic nitrogens is 2. The van der Waals surface area contributed by atoms with E-state index in [1.807, 2.05) is 28.8 Å². The van der Waals surface area contributed by atoms with E-state index in [4.69, 9.17) is 4.74 Å². The smallest absolute Gasteiger partial charge is 0.274 e. The molecule has 1 fully saturated rings. The van der Waals surface area contributed by atoms with Gasteiger partial charge in [-0.25, -0.2) is 0 Å². The number of likely N-dealkylation sites (tertiary alicyclic amines) is 1. The van der Waals surface area contributed by atoms with E-state index in [0.717, 1.165) is 50.9 Å². The van der Waals surface area contributed by atoms with Gasteiger partial charge in [-0.2, -0.15) is 5.10 Å². The van der Waals surface area contributed by atoms with Crippen LogP contribution in [0, 0.1) is 12.8 Å². The molecule has 1 amide bonds. The molecule has 0 unspecified atom stereocenters. The van der Waals surface area contributed by atoms with Crippen molar-refractivity contribution in [3.05, 3.63) is 46.8 Å². The van der Waals surface area contributed by atoms with Crippen molar-refractivity contribution in [3.8, 4) is 5.75 Å². The summed E-state index contributed by atoms with van der Waals surface area (Å²) in [5.41, 5.74) is 4.36. The van der Waals surface area contributed by atoms with Gasteiger partial charge in [0, 0.05) is 37.3 Å². The van der Waals surface area contributed by atoms with Crippen LogP contribution in [0.5, 0.6) is 5.75 Å². The number of piperidine rings is 1. The molecule has 4 rings (SSSR count). The Morgan fingerprint density at radius 3 is 2.78 bits per heavy atom. The topological polar surface area (TPSA) is 47.4 Å². The Hall–Kier alpha value is -2.30. The molecule has 1 aromatic carbocycles. The number of rotatable bonds is 4. The highest BCUT2D eigenvalue weighted by Gasteiger charge is 2.30. The number of benzene rings is 1. The van der Waals surface area contributed by atoms with Crippen molar-refractivity contribution in [3.63, 3.8) is 0 Å². The van der Waals surface area contributed by atoms with Gasteiger partial charge in [0.1, 0.15) is 5.75 Å². The molecule has 1 saturated heterocycles. The third-order valence-electron chi connectivity index (χ3n) is 5.88. The molecule has 0 saturated carbocycles. The van der Waals surface area contributed by atoms with Crippen LogP contribution in [0.15, 0.2) is 24.3 Å². The van der Waals surface area contributed by atoms with Gasteiger partial charge < -0.3 is 9.64 Å². The second-order valence-corrected chi connectivity index (χ2v) is 7.99. The molecular formula is C22H29N3O2. The normalized spacial score (nSPS) is 19.6. The second kappa shape index (κ2) is 7.75. The zero-order valence-electron chi connectivity index (χ0n) is 16.4. The lowest BCUT2D eigenvalue weighted by Gasteiger charge is -2.32. The number of hydrogen-bond acceptors (Lipinski definition) is 3. The molecule has 2 aromatic rings. The van der Waals surface area contributed by atoms with Crippen molar-refractivity contribution in [2.24, 2.45) is 13.0 Å². The average Bonchev–Trinajstić information content (AvgIpc) is 3.04. The molecule has 1 aromatic heterocycles. The van der Waals surface area contributed by atoms with Gasteiger partial charge in [0.15, 0.2) is 5.69 Å². The standard InChI is InChI=1S/C22H29N3O2/c1-16-9-11-18(12-10-16)27-15-17-6-5-13-25(14-17)22(26)21-19-7-3-4-8-20(19)24(2)23-21/h9-12,17H,3-8,13-15H2,1-2H3/t17-/m0/s1. The molecule has 5 nitrogen and oxygen atoms in total. The number of amides is 1. The first-order valence-electron chi connectivity index (χ1n) is 10.2. The van der Waals surface area contributed by atoms with Crippen LogP contribution in [0.3, 0.4) is 0 Å². The monoisotopic (exact) mass is 367 g/mol. The van der Waals surface area contributed by atoms with E-state index in [9.17, 15) is 4.79 Å². The van der Waals surface area contributed by atoms with Gasteiger partial charge in [0.05, 0.1) is 6.61 Å². The van der Waals surface area contributed by atoms with Crippen LogP contribution in [0.25, 0.3) is 0 Å². The molecule has 1 aliphatic carbocycles. The van der Waals surface area contributed by atoms with Crippen molar-refractivity contribution >= 4 is 5.91 Å². The molecule has 27 heavy (non-hydrogen) atoms. The predicted octanol–water partition coefficient (Wildman–Crippen LogP) is 3.54. The van der Waals surface area contributed by atoms with Gasteiger partial charge in [-0.05, 0) is 57.6 Å². The summed E-state index contributed by atoms with van der Waals surface area (Å²) >= 11 is 0. The maximum atomic E-state index is 13.2. The third kappa shape index (κ3) is 3.87. The van der Waals surface area contributed by atoms with E-state index in [0.29, 0.717) is 18.2 Å². The minimum Gasteiger partial charge on any atom is -0.493 e. The molecule has 0 N–H and O–H groups in total. The van der Waals surface area contributed by atoms with Gasteiger partial charge in [0.2, 0.25) is 0 Å². The summed E-state index contributed by atoms with van der Waals surface area (Å²) in [5, 5.41) is 4.59. The highest BCUT2D eigenvalue weighted by molar-refractivity contribution is 5.94. The zero-order chi connectivity index (χ0) is 18.8. The fraction of sp³-hybridized carbons (Fsp3) is 0.545. The van der Waals surface area contributed by atoms with E-state index in [-0.39, 0.29) is 5.91 Å². The van der Waals surface area contributed by atoms with Gasteiger partial charge in [-0.3, -0.25) is 9.48 Å². The fourth-order valence-corrected chi connectivity index (χ4v) is 4.33. The molecular weight excluding hydrogens is 338 g/mol. The number of fused-ring (bicyclic) bond motifs is 1. The van der Waals surface area contributed by atoms with E-state index >= 15 is 0 Å². The van der Waals surface area contributed by atoms with E-state index in [1.54, 1.807) is 0 Å². The highest BCUT2D eigenvalue weighted by atomic mass is 16.5. The highest BCUT2D eigenvalue weighted by Crippen LogP contribution is 2.26. The van der Waals surface area contributed by atoms with E-state index < -0.39 is 0 Å². The molecule has 1 atom stereocenters. The molecule has 0 radical (unpaired) electrons. The first kappa shape index (κ1) is 18.1. The minimum atomic E-state index is 0.105. The molecule has 1 aliphatic heterocycles. The van der Waals surface area contributed by atoms with Crippen molar-refractivity contribution < 1.29 is 9.53 Å². The summed E-state index contributed by atoms with van der Waals surface area (Å²) in [7, 11) is 1.97. The number of ether oxygens (including phenoxy) is 1. The summed E-state index contributed by atoms with van der Waals surface area (Å²) in [6.07, 6.45) is 6.52. The second-order valence-electron chi connectivity index (χ2n) is 7.99. The first-order chi connectivity index (χ1) is 13.1. The summed E-state index contributed by atoms with van der Waals surface area (Å²) in [4.78, 5) is 15.1.